The van der Waals surface area contributed by atoms with Crippen LogP contribution in [0.4, 0.5) is 0 Å². The summed E-state index contributed by atoms with van der Waals surface area (Å²) in [6.45, 7) is 0.392. The Morgan fingerprint density at radius 1 is 1.05 bits per heavy atom. The molecule has 4 heteroatoms. The molecule has 3 aromatic rings. The molecule has 0 atom stereocenters. The number of fused-ring (bicyclic) bond motifs is 1. The van der Waals surface area contributed by atoms with Gasteiger partial charge in [0.2, 0.25) is 5.76 Å². The van der Waals surface area contributed by atoms with Crippen molar-refractivity contribution in [2.75, 3.05) is 0 Å². The molecule has 0 fully saturated rings. The molecular formula is C17H15NO3. The number of benzene rings is 1. The predicted molar refractivity (Wildman–Crippen MR) is 77.0 cm³/mol. The summed E-state index contributed by atoms with van der Waals surface area (Å²) in [4.78, 5) is 0. The molecule has 0 unspecified atom stereocenters. The van der Waals surface area contributed by atoms with Crippen LogP contribution in [-0.4, -0.2) is 5.16 Å². The molecule has 0 saturated carbocycles. The van der Waals surface area contributed by atoms with Crippen LogP contribution in [-0.2, 0) is 19.4 Å². The zero-order chi connectivity index (χ0) is 14.1. The Balaban J connectivity index is 1.45. The maximum atomic E-state index is 5.79. The standard InChI is InChI=1S/C17H15NO3/c1-3-12-6-7-15(9-13(12)4-1)20-11-14-10-17(21-18-14)16-5-2-8-19-16/h2,5-10H,1,3-4,11H2. The number of hydrogen-bond acceptors (Lipinski definition) is 4. The summed E-state index contributed by atoms with van der Waals surface area (Å²) in [6, 6.07) is 11.8. The van der Waals surface area contributed by atoms with E-state index >= 15 is 0 Å². The second-order valence-electron chi connectivity index (χ2n) is 5.23. The van der Waals surface area contributed by atoms with Gasteiger partial charge in [0.15, 0.2) is 5.76 Å². The van der Waals surface area contributed by atoms with E-state index in [1.165, 1.54) is 24.0 Å². The van der Waals surface area contributed by atoms with Gasteiger partial charge in [0.25, 0.3) is 0 Å². The maximum Gasteiger partial charge on any atom is 0.202 e. The highest BCUT2D eigenvalue weighted by Gasteiger charge is 2.12. The first kappa shape index (κ1) is 12.3. The molecule has 0 bridgehead atoms. The Labute approximate surface area is 122 Å². The van der Waals surface area contributed by atoms with E-state index in [0.717, 1.165) is 17.9 Å². The summed E-state index contributed by atoms with van der Waals surface area (Å²) in [5, 5.41) is 4.00. The summed E-state index contributed by atoms with van der Waals surface area (Å²) < 4.78 is 16.3. The van der Waals surface area contributed by atoms with Crippen LogP contribution in [0.2, 0.25) is 0 Å². The van der Waals surface area contributed by atoms with Crippen molar-refractivity contribution in [3.63, 3.8) is 0 Å². The summed E-state index contributed by atoms with van der Waals surface area (Å²) in [7, 11) is 0. The van der Waals surface area contributed by atoms with Gasteiger partial charge in [-0.2, -0.15) is 0 Å². The highest BCUT2D eigenvalue weighted by atomic mass is 16.5. The molecule has 2 heterocycles. The van der Waals surface area contributed by atoms with E-state index in [1.807, 2.05) is 24.3 Å². The van der Waals surface area contributed by atoms with E-state index in [1.54, 1.807) is 6.26 Å². The van der Waals surface area contributed by atoms with Gasteiger partial charge >= 0.3 is 0 Å². The van der Waals surface area contributed by atoms with Crippen LogP contribution in [0.15, 0.2) is 51.6 Å². The predicted octanol–water partition coefficient (Wildman–Crippen LogP) is 4.00. The molecule has 0 amide bonds. The lowest BCUT2D eigenvalue weighted by atomic mass is 10.1. The number of aryl methyl sites for hydroxylation is 2. The maximum absolute atomic E-state index is 5.79. The Bertz CT molecular complexity index is 743. The third-order valence-corrected chi connectivity index (χ3v) is 3.78. The Hall–Kier alpha value is -2.49. The molecule has 106 valence electrons. The fourth-order valence-corrected chi connectivity index (χ4v) is 2.71. The fraction of sp³-hybridized carbons (Fsp3) is 0.235. The Morgan fingerprint density at radius 2 is 2.00 bits per heavy atom. The second kappa shape index (κ2) is 5.13. The largest absolute Gasteiger partial charge is 0.487 e. The molecule has 0 saturated heterocycles. The van der Waals surface area contributed by atoms with E-state index in [4.69, 9.17) is 13.7 Å². The summed E-state index contributed by atoms with van der Waals surface area (Å²) >= 11 is 0. The molecule has 1 aliphatic rings. The smallest absolute Gasteiger partial charge is 0.202 e. The van der Waals surface area contributed by atoms with Crippen LogP contribution >= 0.6 is 0 Å². The van der Waals surface area contributed by atoms with E-state index in [-0.39, 0.29) is 0 Å². The lowest BCUT2D eigenvalue weighted by Crippen LogP contribution is -1.96. The summed E-state index contributed by atoms with van der Waals surface area (Å²) in [6.07, 6.45) is 5.19. The number of ether oxygens (including phenoxy) is 1. The molecule has 0 radical (unpaired) electrons. The van der Waals surface area contributed by atoms with Crippen molar-refractivity contribution in [3.8, 4) is 17.3 Å². The monoisotopic (exact) mass is 281 g/mol. The second-order valence-corrected chi connectivity index (χ2v) is 5.23. The van der Waals surface area contributed by atoms with Gasteiger partial charge in [0.1, 0.15) is 18.1 Å². The van der Waals surface area contributed by atoms with Gasteiger partial charge in [-0.05, 0) is 54.7 Å². The van der Waals surface area contributed by atoms with Gasteiger partial charge in [-0.25, -0.2) is 0 Å². The van der Waals surface area contributed by atoms with Crippen LogP contribution < -0.4 is 4.74 Å². The normalized spacial score (nSPS) is 13.3. The van der Waals surface area contributed by atoms with E-state index < -0.39 is 0 Å². The first-order chi connectivity index (χ1) is 10.4. The fourth-order valence-electron chi connectivity index (χ4n) is 2.71. The number of furan rings is 1. The van der Waals surface area contributed by atoms with Crippen molar-refractivity contribution in [2.24, 2.45) is 0 Å². The van der Waals surface area contributed by atoms with Crippen LogP contribution in [0.5, 0.6) is 5.75 Å². The molecule has 4 rings (SSSR count). The lowest BCUT2D eigenvalue weighted by Gasteiger charge is -2.06. The van der Waals surface area contributed by atoms with Gasteiger partial charge in [0.05, 0.1) is 6.26 Å². The van der Waals surface area contributed by atoms with Crippen molar-refractivity contribution in [1.29, 1.82) is 0 Å². The topological polar surface area (TPSA) is 48.4 Å². The number of nitrogens with zero attached hydrogens (tertiary/aromatic N) is 1. The quantitative estimate of drug-likeness (QED) is 0.725. The highest BCUT2D eigenvalue weighted by molar-refractivity contribution is 5.49. The van der Waals surface area contributed by atoms with Gasteiger partial charge in [-0.1, -0.05) is 11.2 Å². The minimum absolute atomic E-state index is 0.392. The third kappa shape index (κ3) is 2.44. The SMILES string of the molecule is c1coc(-c2cc(COc3ccc4c(c3)CCC4)no2)c1. The molecule has 2 aromatic heterocycles. The van der Waals surface area contributed by atoms with Crippen molar-refractivity contribution < 1.29 is 13.7 Å². The van der Waals surface area contributed by atoms with Crippen LogP contribution in [0, 0.1) is 0 Å². The Morgan fingerprint density at radius 3 is 2.90 bits per heavy atom. The van der Waals surface area contributed by atoms with Gasteiger partial charge in [-0.15, -0.1) is 0 Å². The molecule has 21 heavy (non-hydrogen) atoms. The van der Waals surface area contributed by atoms with Gasteiger partial charge in [-0.3, -0.25) is 0 Å². The molecule has 1 aliphatic carbocycles. The van der Waals surface area contributed by atoms with Gasteiger partial charge in [0, 0.05) is 6.07 Å². The summed E-state index contributed by atoms with van der Waals surface area (Å²) in [5.41, 5.74) is 3.61. The third-order valence-electron chi connectivity index (χ3n) is 3.78. The van der Waals surface area contributed by atoms with E-state index in [2.05, 4.69) is 17.3 Å². The average molecular weight is 281 g/mol. The zero-order valence-corrected chi connectivity index (χ0v) is 11.5. The molecule has 0 aliphatic heterocycles. The van der Waals surface area contributed by atoms with Crippen molar-refractivity contribution in [2.45, 2.75) is 25.9 Å². The minimum Gasteiger partial charge on any atom is -0.487 e. The molecule has 0 N–H and O–H groups in total. The summed E-state index contributed by atoms with van der Waals surface area (Å²) in [5.74, 6) is 2.18. The molecular weight excluding hydrogens is 266 g/mol. The lowest BCUT2D eigenvalue weighted by molar-refractivity contribution is 0.289. The van der Waals surface area contributed by atoms with Crippen molar-refractivity contribution in [3.05, 3.63) is 59.5 Å². The zero-order valence-electron chi connectivity index (χ0n) is 11.5. The first-order valence-corrected chi connectivity index (χ1v) is 7.12. The number of hydrogen-bond donors (Lipinski definition) is 0. The van der Waals surface area contributed by atoms with E-state index in [0.29, 0.717) is 18.1 Å². The number of rotatable bonds is 4. The van der Waals surface area contributed by atoms with Crippen molar-refractivity contribution in [1.82, 2.24) is 5.16 Å². The van der Waals surface area contributed by atoms with Crippen LogP contribution in [0.1, 0.15) is 23.2 Å². The molecule has 1 aromatic carbocycles. The van der Waals surface area contributed by atoms with Crippen LogP contribution in [0.25, 0.3) is 11.5 Å². The highest BCUT2D eigenvalue weighted by Crippen LogP contribution is 2.27. The van der Waals surface area contributed by atoms with Crippen molar-refractivity contribution >= 4 is 0 Å². The molecule has 4 nitrogen and oxygen atoms in total. The minimum atomic E-state index is 0.392. The number of aromatic nitrogens is 1. The van der Waals surface area contributed by atoms with E-state index in [9.17, 15) is 0 Å². The molecule has 0 spiro atoms. The Kier molecular flexibility index (Phi) is 2.99. The van der Waals surface area contributed by atoms with Gasteiger partial charge < -0.3 is 13.7 Å². The first-order valence-electron chi connectivity index (χ1n) is 7.12. The van der Waals surface area contributed by atoms with Crippen LogP contribution in [0.3, 0.4) is 0 Å². The average Bonchev–Trinajstić information content (AvgIpc) is 3.24.